The number of carbonyl (C=O) groups excluding carboxylic acids is 2. The molecular weight excluding hydrogens is 328 g/mol. The molecule has 1 heterocycles. The van der Waals surface area contributed by atoms with Crippen LogP contribution in [-0.4, -0.2) is 23.5 Å². The van der Waals surface area contributed by atoms with E-state index in [9.17, 15) is 9.59 Å². The summed E-state index contributed by atoms with van der Waals surface area (Å²) in [5.41, 5.74) is 3.41. The van der Waals surface area contributed by atoms with Crippen molar-refractivity contribution < 1.29 is 14.3 Å². The Morgan fingerprint density at radius 1 is 1.12 bits per heavy atom. The number of hydrogen-bond donors (Lipinski definition) is 1. The molecule has 0 spiro atoms. The zero-order chi connectivity index (χ0) is 18.5. The summed E-state index contributed by atoms with van der Waals surface area (Å²) < 4.78 is 5.01. The van der Waals surface area contributed by atoms with Gasteiger partial charge in [0.15, 0.2) is 0 Å². The summed E-state index contributed by atoms with van der Waals surface area (Å²) in [6.45, 7) is 3.98. The van der Waals surface area contributed by atoms with Crippen LogP contribution < -0.4 is 5.32 Å². The van der Waals surface area contributed by atoms with Gasteiger partial charge in [-0.25, -0.2) is 0 Å². The molecule has 26 heavy (non-hydrogen) atoms. The molecule has 0 atom stereocenters. The number of benzene rings is 2. The first-order valence-electron chi connectivity index (χ1n) is 8.48. The van der Waals surface area contributed by atoms with E-state index in [-0.39, 0.29) is 18.3 Å². The molecular formula is C21H20N2O3. The predicted octanol–water partition coefficient (Wildman–Crippen LogP) is 3.90. The van der Waals surface area contributed by atoms with Crippen LogP contribution in [0.4, 0.5) is 5.69 Å². The molecule has 0 aliphatic carbocycles. The fourth-order valence-electron chi connectivity index (χ4n) is 2.82. The normalized spacial score (nSPS) is 10.5. The van der Waals surface area contributed by atoms with Gasteiger partial charge in [-0.3, -0.25) is 14.6 Å². The van der Waals surface area contributed by atoms with Gasteiger partial charge in [0, 0.05) is 17.1 Å². The van der Waals surface area contributed by atoms with Gasteiger partial charge in [0.2, 0.25) is 0 Å². The van der Waals surface area contributed by atoms with Gasteiger partial charge in [0.05, 0.1) is 24.2 Å². The Morgan fingerprint density at radius 3 is 2.73 bits per heavy atom. The van der Waals surface area contributed by atoms with Crippen LogP contribution in [0.2, 0.25) is 0 Å². The molecule has 0 bridgehead atoms. The number of hydrogen-bond acceptors (Lipinski definition) is 4. The number of ether oxygens (including phenoxy) is 1. The summed E-state index contributed by atoms with van der Waals surface area (Å²) in [7, 11) is 0. The fourth-order valence-corrected chi connectivity index (χ4v) is 2.82. The Bertz CT molecular complexity index is 961. The van der Waals surface area contributed by atoms with Gasteiger partial charge < -0.3 is 10.1 Å². The number of aromatic nitrogens is 1. The molecule has 1 aromatic heterocycles. The van der Waals surface area contributed by atoms with Crippen molar-refractivity contribution in [2.24, 2.45) is 0 Å². The number of anilines is 1. The zero-order valence-corrected chi connectivity index (χ0v) is 14.8. The number of carbonyl (C=O) groups is 2. The number of rotatable bonds is 5. The first kappa shape index (κ1) is 17.6. The maximum absolute atomic E-state index is 12.9. The molecule has 5 nitrogen and oxygen atoms in total. The van der Waals surface area contributed by atoms with Crippen molar-refractivity contribution >= 4 is 28.5 Å². The highest BCUT2D eigenvalue weighted by Crippen LogP contribution is 2.22. The maximum atomic E-state index is 12.9. The molecule has 3 rings (SSSR count). The van der Waals surface area contributed by atoms with Crippen LogP contribution in [0, 0.1) is 6.92 Å². The van der Waals surface area contributed by atoms with Gasteiger partial charge in [0.25, 0.3) is 5.91 Å². The largest absolute Gasteiger partial charge is 0.466 e. The number of aryl methyl sites for hydroxylation is 1. The van der Waals surface area contributed by atoms with Crippen LogP contribution in [0.25, 0.3) is 10.9 Å². The Morgan fingerprint density at radius 2 is 1.92 bits per heavy atom. The number of nitrogens with one attached hydrogen (secondary N) is 1. The third-order valence-electron chi connectivity index (χ3n) is 4.03. The molecule has 0 saturated heterocycles. The molecule has 2 aromatic carbocycles. The van der Waals surface area contributed by atoms with Crippen molar-refractivity contribution in [1.82, 2.24) is 4.98 Å². The standard InChI is InChI=1S/C21H20N2O3/c1-3-26-19(24)13-16-10-9-14(2)12-17(16)21(25)23-18-8-4-6-15-7-5-11-22-20(15)18/h4-12H,3,13H2,1-2H3,(H,23,25). The monoisotopic (exact) mass is 348 g/mol. The fraction of sp³-hybridized carbons (Fsp3) is 0.190. The number of pyridine rings is 1. The summed E-state index contributed by atoms with van der Waals surface area (Å²) in [5.74, 6) is -0.622. The molecule has 0 fully saturated rings. The van der Waals surface area contributed by atoms with Crippen LogP contribution in [0.3, 0.4) is 0 Å². The molecule has 0 aliphatic heterocycles. The van der Waals surface area contributed by atoms with E-state index in [0.29, 0.717) is 23.4 Å². The second-order valence-corrected chi connectivity index (χ2v) is 5.98. The maximum Gasteiger partial charge on any atom is 0.310 e. The second kappa shape index (κ2) is 7.78. The average Bonchev–Trinajstić information content (AvgIpc) is 2.63. The highest BCUT2D eigenvalue weighted by molar-refractivity contribution is 6.09. The zero-order valence-electron chi connectivity index (χ0n) is 14.8. The van der Waals surface area contributed by atoms with Crippen LogP contribution in [0.5, 0.6) is 0 Å². The van der Waals surface area contributed by atoms with E-state index < -0.39 is 0 Å². The lowest BCUT2D eigenvalue weighted by atomic mass is 10.0. The van der Waals surface area contributed by atoms with Gasteiger partial charge in [-0.1, -0.05) is 35.9 Å². The van der Waals surface area contributed by atoms with Crippen LogP contribution in [-0.2, 0) is 16.0 Å². The quantitative estimate of drug-likeness (QED) is 0.710. The number of para-hydroxylation sites is 1. The molecule has 0 saturated carbocycles. The Balaban J connectivity index is 1.92. The van der Waals surface area contributed by atoms with Crippen LogP contribution in [0.15, 0.2) is 54.7 Å². The molecule has 1 N–H and O–H groups in total. The van der Waals surface area contributed by atoms with Gasteiger partial charge in [0.1, 0.15) is 0 Å². The highest BCUT2D eigenvalue weighted by atomic mass is 16.5. The summed E-state index contributed by atoms with van der Waals surface area (Å²) in [6.07, 6.45) is 1.75. The molecule has 0 unspecified atom stereocenters. The van der Waals surface area contributed by atoms with Crippen LogP contribution in [0.1, 0.15) is 28.4 Å². The van der Waals surface area contributed by atoms with Gasteiger partial charge in [-0.2, -0.15) is 0 Å². The van der Waals surface area contributed by atoms with Crippen molar-refractivity contribution in [3.63, 3.8) is 0 Å². The third-order valence-corrected chi connectivity index (χ3v) is 4.03. The minimum Gasteiger partial charge on any atom is -0.466 e. The smallest absolute Gasteiger partial charge is 0.310 e. The predicted molar refractivity (Wildman–Crippen MR) is 101 cm³/mol. The number of nitrogens with zero attached hydrogens (tertiary/aromatic N) is 1. The van der Waals surface area contributed by atoms with Gasteiger partial charge in [-0.15, -0.1) is 0 Å². The van der Waals surface area contributed by atoms with E-state index in [4.69, 9.17) is 4.74 Å². The third kappa shape index (κ3) is 3.88. The lowest BCUT2D eigenvalue weighted by Crippen LogP contribution is -2.17. The number of esters is 1. The van der Waals surface area contributed by atoms with E-state index in [1.54, 1.807) is 25.3 Å². The van der Waals surface area contributed by atoms with E-state index >= 15 is 0 Å². The molecule has 3 aromatic rings. The summed E-state index contributed by atoms with van der Waals surface area (Å²) in [4.78, 5) is 29.1. The summed E-state index contributed by atoms with van der Waals surface area (Å²) in [5, 5.41) is 3.87. The average molecular weight is 348 g/mol. The Kier molecular flexibility index (Phi) is 5.27. The Labute approximate surface area is 152 Å². The van der Waals surface area contributed by atoms with Gasteiger partial charge in [-0.05, 0) is 37.6 Å². The molecule has 132 valence electrons. The van der Waals surface area contributed by atoms with E-state index in [2.05, 4.69) is 10.3 Å². The minimum atomic E-state index is -0.350. The van der Waals surface area contributed by atoms with E-state index in [1.807, 2.05) is 43.3 Å². The first-order valence-corrected chi connectivity index (χ1v) is 8.48. The number of fused-ring (bicyclic) bond motifs is 1. The summed E-state index contributed by atoms with van der Waals surface area (Å²) >= 11 is 0. The van der Waals surface area contributed by atoms with Crippen molar-refractivity contribution in [3.8, 4) is 0 Å². The van der Waals surface area contributed by atoms with E-state index in [1.165, 1.54) is 0 Å². The lowest BCUT2D eigenvalue weighted by molar-refractivity contribution is -0.142. The molecule has 5 heteroatoms. The lowest BCUT2D eigenvalue weighted by Gasteiger charge is -2.12. The van der Waals surface area contributed by atoms with Crippen molar-refractivity contribution in [2.45, 2.75) is 20.3 Å². The Hall–Kier alpha value is -3.21. The van der Waals surface area contributed by atoms with E-state index in [0.717, 1.165) is 16.5 Å². The topological polar surface area (TPSA) is 68.3 Å². The molecule has 0 radical (unpaired) electrons. The van der Waals surface area contributed by atoms with Crippen molar-refractivity contribution in [3.05, 3.63) is 71.4 Å². The second-order valence-electron chi connectivity index (χ2n) is 5.98. The van der Waals surface area contributed by atoms with Crippen molar-refractivity contribution in [2.75, 3.05) is 11.9 Å². The van der Waals surface area contributed by atoms with Crippen LogP contribution >= 0.6 is 0 Å². The minimum absolute atomic E-state index is 0.0602. The summed E-state index contributed by atoms with van der Waals surface area (Å²) in [6, 6.07) is 14.9. The number of amides is 1. The highest BCUT2D eigenvalue weighted by Gasteiger charge is 2.16. The molecule has 0 aliphatic rings. The van der Waals surface area contributed by atoms with Crippen molar-refractivity contribution in [1.29, 1.82) is 0 Å². The van der Waals surface area contributed by atoms with Gasteiger partial charge >= 0.3 is 5.97 Å². The SMILES string of the molecule is CCOC(=O)Cc1ccc(C)cc1C(=O)Nc1cccc2cccnc12. The molecule has 1 amide bonds. The first-order chi connectivity index (χ1) is 12.6.